The van der Waals surface area contributed by atoms with Gasteiger partial charge in [0.1, 0.15) is 0 Å². The molecule has 5 nitrogen and oxygen atoms in total. The van der Waals surface area contributed by atoms with Crippen molar-refractivity contribution in [1.29, 1.82) is 0 Å². The highest BCUT2D eigenvalue weighted by atomic mass is 32.2. The Balaban J connectivity index is 0.000000829. The molecule has 0 atom stereocenters. The fourth-order valence-corrected chi connectivity index (χ4v) is 2.16. The molecule has 0 fully saturated rings. The van der Waals surface area contributed by atoms with E-state index in [1.54, 1.807) is 18.2 Å². The van der Waals surface area contributed by atoms with Gasteiger partial charge in [-0.05, 0) is 12.1 Å². The van der Waals surface area contributed by atoms with Gasteiger partial charge in [0.2, 0.25) is 0 Å². The van der Waals surface area contributed by atoms with Crippen LogP contribution >= 0.6 is 0 Å². The second kappa shape index (κ2) is 9.91. The number of nitrogens with one attached hydrogen (secondary N) is 1. The molecule has 0 amide bonds. The second-order valence-electron chi connectivity index (χ2n) is 3.01. The molecule has 6 heteroatoms. The lowest BCUT2D eigenvalue weighted by Crippen LogP contribution is -2.13. The maximum atomic E-state index is 11.8. The molecule has 1 heterocycles. The maximum absolute atomic E-state index is 11.8. The van der Waals surface area contributed by atoms with Crippen molar-refractivity contribution in [3.63, 3.8) is 0 Å². The largest absolute Gasteiger partial charge is 0.263 e. The van der Waals surface area contributed by atoms with E-state index in [-0.39, 0.29) is 10.7 Å². The Hall–Kier alpha value is -1.95. The monoisotopic (exact) mass is 295 g/mol. The number of hydrogen-bond acceptors (Lipinski definition) is 4. The minimum Gasteiger partial charge on any atom is -0.262 e. The highest BCUT2D eigenvalue weighted by Crippen LogP contribution is 2.12. The lowest BCUT2D eigenvalue weighted by Gasteiger charge is -2.05. The lowest BCUT2D eigenvalue weighted by atomic mass is 10.4. The number of benzene rings is 1. The van der Waals surface area contributed by atoms with Crippen molar-refractivity contribution in [3.05, 3.63) is 48.9 Å². The van der Waals surface area contributed by atoms with Crippen LogP contribution in [0, 0.1) is 0 Å². The van der Waals surface area contributed by atoms with Crippen LogP contribution in [0.5, 0.6) is 0 Å². The lowest BCUT2D eigenvalue weighted by molar-refractivity contribution is 0.601. The molecule has 0 saturated heterocycles. The average Bonchev–Trinajstić information content (AvgIpc) is 2.53. The highest BCUT2D eigenvalue weighted by Gasteiger charge is 2.13. The molecule has 2 aromatic rings. The second-order valence-corrected chi connectivity index (χ2v) is 4.69. The molecule has 0 aliphatic heterocycles. The number of hydrogen-bond donors (Lipinski definition) is 1. The maximum Gasteiger partial charge on any atom is 0.263 e. The standard InChI is InChI=1S/C10H9N3O2S.2C2H6/c14-16(15,9-4-2-1-3-5-9)13-10-8-11-6-7-12-10;2*1-2/h1-8H,(H,12,13);2*1-2H3. The predicted molar refractivity (Wildman–Crippen MR) is 82.0 cm³/mol. The van der Waals surface area contributed by atoms with Crippen LogP contribution in [0.4, 0.5) is 5.82 Å². The number of nitrogens with zero attached hydrogens (tertiary/aromatic N) is 2. The van der Waals surface area contributed by atoms with Crippen LogP contribution in [0.2, 0.25) is 0 Å². The molecule has 20 heavy (non-hydrogen) atoms. The molecule has 1 N–H and O–H groups in total. The number of rotatable bonds is 3. The van der Waals surface area contributed by atoms with Crippen LogP contribution < -0.4 is 4.72 Å². The van der Waals surface area contributed by atoms with Crippen molar-refractivity contribution in [1.82, 2.24) is 9.97 Å². The first-order valence-electron chi connectivity index (χ1n) is 6.52. The van der Waals surface area contributed by atoms with Gasteiger partial charge in [-0.3, -0.25) is 9.71 Å². The van der Waals surface area contributed by atoms with E-state index in [0.29, 0.717) is 0 Å². The quantitative estimate of drug-likeness (QED) is 0.942. The van der Waals surface area contributed by atoms with Gasteiger partial charge < -0.3 is 0 Å². The van der Waals surface area contributed by atoms with E-state index in [4.69, 9.17) is 0 Å². The molecular formula is C14H21N3O2S. The van der Waals surface area contributed by atoms with E-state index in [1.165, 1.54) is 30.7 Å². The fraction of sp³-hybridized carbons (Fsp3) is 0.286. The van der Waals surface area contributed by atoms with Crippen LogP contribution in [-0.4, -0.2) is 18.4 Å². The van der Waals surface area contributed by atoms with Gasteiger partial charge >= 0.3 is 0 Å². The fourth-order valence-electron chi connectivity index (χ4n) is 1.15. The Labute approximate surface area is 121 Å². The summed E-state index contributed by atoms with van der Waals surface area (Å²) in [5.74, 6) is 0.200. The van der Waals surface area contributed by atoms with E-state index >= 15 is 0 Å². The summed E-state index contributed by atoms with van der Waals surface area (Å²) < 4.78 is 26.0. The first-order valence-corrected chi connectivity index (χ1v) is 8.01. The third kappa shape index (κ3) is 5.79. The number of anilines is 1. The topological polar surface area (TPSA) is 72.0 Å². The zero-order valence-electron chi connectivity index (χ0n) is 12.2. The Morgan fingerprint density at radius 1 is 0.950 bits per heavy atom. The molecule has 2 rings (SSSR count). The zero-order chi connectivity index (χ0) is 15.4. The predicted octanol–water partition coefficient (Wildman–Crippen LogP) is 3.33. The van der Waals surface area contributed by atoms with Gasteiger partial charge in [0.25, 0.3) is 10.0 Å². The summed E-state index contributed by atoms with van der Waals surface area (Å²) in [5.41, 5.74) is 0. The summed E-state index contributed by atoms with van der Waals surface area (Å²) in [5, 5.41) is 0. The van der Waals surface area contributed by atoms with Gasteiger partial charge in [-0.15, -0.1) is 0 Å². The summed E-state index contributed by atoms with van der Waals surface area (Å²) in [7, 11) is -3.57. The van der Waals surface area contributed by atoms with Gasteiger partial charge in [0.05, 0.1) is 11.1 Å². The van der Waals surface area contributed by atoms with E-state index in [0.717, 1.165) is 0 Å². The minimum absolute atomic E-state index is 0.195. The van der Waals surface area contributed by atoms with Crippen molar-refractivity contribution in [2.24, 2.45) is 0 Å². The van der Waals surface area contributed by atoms with Crippen LogP contribution in [0.15, 0.2) is 53.8 Å². The molecule has 0 spiro atoms. The number of aromatic nitrogens is 2. The van der Waals surface area contributed by atoms with Crippen LogP contribution in [0.3, 0.4) is 0 Å². The summed E-state index contributed by atoms with van der Waals surface area (Å²) >= 11 is 0. The Morgan fingerprint density at radius 3 is 2.05 bits per heavy atom. The van der Waals surface area contributed by atoms with Crippen LogP contribution in [0.25, 0.3) is 0 Å². The SMILES string of the molecule is CC.CC.O=S(=O)(Nc1cnccn1)c1ccccc1. The van der Waals surface area contributed by atoms with Gasteiger partial charge in [-0.1, -0.05) is 45.9 Å². The van der Waals surface area contributed by atoms with Crippen LogP contribution in [-0.2, 0) is 10.0 Å². The molecule has 1 aromatic heterocycles. The van der Waals surface area contributed by atoms with Crippen molar-refractivity contribution < 1.29 is 8.42 Å². The smallest absolute Gasteiger partial charge is 0.262 e. The molecule has 0 aliphatic rings. The number of sulfonamides is 1. The molecule has 0 bridgehead atoms. The molecular weight excluding hydrogens is 274 g/mol. The van der Waals surface area contributed by atoms with Crippen molar-refractivity contribution >= 4 is 15.8 Å². The highest BCUT2D eigenvalue weighted by molar-refractivity contribution is 7.92. The van der Waals surface area contributed by atoms with Crippen molar-refractivity contribution in [3.8, 4) is 0 Å². The van der Waals surface area contributed by atoms with Crippen molar-refractivity contribution in [2.45, 2.75) is 32.6 Å². The van der Waals surface area contributed by atoms with Gasteiger partial charge in [0.15, 0.2) is 5.82 Å². The molecule has 0 unspecified atom stereocenters. The first-order chi connectivity index (χ1) is 9.68. The van der Waals surface area contributed by atoms with E-state index < -0.39 is 10.0 Å². The summed E-state index contributed by atoms with van der Waals surface area (Å²) in [6.45, 7) is 8.00. The first kappa shape index (κ1) is 18.0. The normalized spacial score (nSPS) is 9.40. The third-order valence-corrected chi connectivity index (χ3v) is 3.23. The summed E-state index contributed by atoms with van der Waals surface area (Å²) in [6.07, 6.45) is 4.24. The van der Waals surface area contributed by atoms with E-state index in [2.05, 4.69) is 14.7 Å². The minimum atomic E-state index is -3.57. The van der Waals surface area contributed by atoms with Crippen molar-refractivity contribution in [2.75, 3.05) is 4.72 Å². The summed E-state index contributed by atoms with van der Waals surface area (Å²) in [6, 6.07) is 8.09. The van der Waals surface area contributed by atoms with Crippen LogP contribution in [0.1, 0.15) is 27.7 Å². The Bertz CT molecular complexity index is 557. The Morgan fingerprint density at radius 2 is 1.55 bits per heavy atom. The molecule has 110 valence electrons. The molecule has 1 aromatic carbocycles. The van der Waals surface area contributed by atoms with E-state index in [1.807, 2.05) is 27.7 Å². The third-order valence-electron chi connectivity index (χ3n) is 1.86. The van der Waals surface area contributed by atoms with Gasteiger partial charge in [-0.25, -0.2) is 13.4 Å². The molecule has 0 radical (unpaired) electrons. The van der Waals surface area contributed by atoms with E-state index in [9.17, 15) is 8.42 Å². The zero-order valence-corrected chi connectivity index (χ0v) is 13.1. The van der Waals surface area contributed by atoms with Gasteiger partial charge in [-0.2, -0.15) is 0 Å². The van der Waals surface area contributed by atoms with Gasteiger partial charge in [0, 0.05) is 12.4 Å². The molecule has 0 aliphatic carbocycles. The average molecular weight is 295 g/mol. The Kier molecular flexibility index (Phi) is 8.95. The molecule has 0 saturated carbocycles. The summed E-state index contributed by atoms with van der Waals surface area (Å²) in [4.78, 5) is 7.80.